The normalized spacial score (nSPS) is 10.9. The van der Waals surface area contributed by atoms with Crippen molar-refractivity contribution in [1.29, 1.82) is 0 Å². The van der Waals surface area contributed by atoms with Crippen LogP contribution in [0.5, 0.6) is 0 Å². The SMILES string of the molecule is Cc1ccc(Cl)c(NC(=O)COC(=O)c2ccc3c(c2)nc(C)n3-c2ccccc2)c1Cl. The fourth-order valence-corrected chi connectivity index (χ4v) is 3.86. The molecule has 0 aliphatic heterocycles. The second kappa shape index (κ2) is 9.02. The summed E-state index contributed by atoms with van der Waals surface area (Å²) in [6, 6.07) is 18.3. The third-order valence-corrected chi connectivity index (χ3v) is 5.76. The first-order valence-electron chi connectivity index (χ1n) is 9.81. The number of anilines is 1. The summed E-state index contributed by atoms with van der Waals surface area (Å²) in [6.07, 6.45) is 0. The fourth-order valence-electron chi connectivity index (χ4n) is 3.39. The number of hydrogen-bond acceptors (Lipinski definition) is 4. The van der Waals surface area contributed by atoms with Gasteiger partial charge in [0.15, 0.2) is 6.61 Å². The zero-order valence-corrected chi connectivity index (χ0v) is 18.9. The molecule has 0 atom stereocenters. The highest BCUT2D eigenvalue weighted by molar-refractivity contribution is 6.40. The molecule has 1 N–H and O–H groups in total. The molecule has 4 aromatic rings. The number of halogens is 2. The Morgan fingerprint density at radius 1 is 1.03 bits per heavy atom. The molecular weight excluding hydrogens is 449 g/mol. The Balaban J connectivity index is 1.48. The smallest absolute Gasteiger partial charge is 0.338 e. The minimum absolute atomic E-state index is 0.290. The number of benzene rings is 3. The van der Waals surface area contributed by atoms with E-state index in [0.717, 1.165) is 22.6 Å². The number of aromatic nitrogens is 2. The maximum atomic E-state index is 12.5. The maximum absolute atomic E-state index is 12.5. The van der Waals surface area contributed by atoms with E-state index in [-0.39, 0.29) is 5.69 Å². The quantitative estimate of drug-likeness (QED) is 0.379. The molecule has 3 aromatic carbocycles. The van der Waals surface area contributed by atoms with Crippen LogP contribution < -0.4 is 5.32 Å². The van der Waals surface area contributed by atoms with Crippen LogP contribution in [0.25, 0.3) is 16.7 Å². The number of fused-ring (bicyclic) bond motifs is 1. The van der Waals surface area contributed by atoms with Crippen LogP contribution in [0.4, 0.5) is 5.69 Å². The van der Waals surface area contributed by atoms with Gasteiger partial charge in [-0.15, -0.1) is 0 Å². The molecule has 1 heterocycles. The number of carbonyl (C=O) groups excluding carboxylic acids is 2. The van der Waals surface area contributed by atoms with Gasteiger partial charge in [-0.3, -0.25) is 9.36 Å². The van der Waals surface area contributed by atoms with Crippen LogP contribution in [0.15, 0.2) is 60.7 Å². The summed E-state index contributed by atoms with van der Waals surface area (Å²) in [7, 11) is 0. The number of aryl methyl sites for hydroxylation is 2. The highest BCUT2D eigenvalue weighted by Crippen LogP contribution is 2.32. The summed E-state index contributed by atoms with van der Waals surface area (Å²) in [5.41, 5.74) is 3.86. The van der Waals surface area contributed by atoms with E-state index in [9.17, 15) is 9.59 Å². The largest absolute Gasteiger partial charge is 0.452 e. The number of rotatable bonds is 5. The second-order valence-corrected chi connectivity index (χ2v) is 8.00. The number of para-hydroxylation sites is 1. The third kappa shape index (κ3) is 4.33. The maximum Gasteiger partial charge on any atom is 0.338 e. The van der Waals surface area contributed by atoms with Gasteiger partial charge in [0.05, 0.1) is 32.3 Å². The van der Waals surface area contributed by atoms with Gasteiger partial charge < -0.3 is 10.1 Å². The summed E-state index contributed by atoms with van der Waals surface area (Å²) in [5, 5.41) is 3.23. The van der Waals surface area contributed by atoms with Crippen LogP contribution in [0.1, 0.15) is 21.7 Å². The molecular formula is C24H19Cl2N3O3. The molecule has 4 rings (SSSR count). The van der Waals surface area contributed by atoms with Crippen molar-refractivity contribution in [2.45, 2.75) is 13.8 Å². The van der Waals surface area contributed by atoms with Crippen molar-refractivity contribution in [3.8, 4) is 5.69 Å². The molecule has 0 radical (unpaired) electrons. The molecule has 32 heavy (non-hydrogen) atoms. The Morgan fingerprint density at radius 3 is 2.53 bits per heavy atom. The molecule has 1 aromatic heterocycles. The zero-order valence-electron chi connectivity index (χ0n) is 17.4. The lowest BCUT2D eigenvalue weighted by molar-refractivity contribution is -0.119. The highest BCUT2D eigenvalue weighted by Gasteiger charge is 2.16. The Hall–Kier alpha value is -3.35. The minimum Gasteiger partial charge on any atom is -0.452 e. The van der Waals surface area contributed by atoms with Gasteiger partial charge in [0.25, 0.3) is 5.91 Å². The van der Waals surface area contributed by atoms with Crippen LogP contribution in [0, 0.1) is 13.8 Å². The van der Waals surface area contributed by atoms with E-state index in [4.69, 9.17) is 27.9 Å². The van der Waals surface area contributed by atoms with Crippen molar-refractivity contribution in [3.63, 3.8) is 0 Å². The number of imidazole rings is 1. The molecule has 8 heteroatoms. The zero-order chi connectivity index (χ0) is 22.8. The monoisotopic (exact) mass is 467 g/mol. The Bertz CT molecular complexity index is 1330. The predicted octanol–water partition coefficient (Wildman–Crippen LogP) is 5.74. The van der Waals surface area contributed by atoms with Gasteiger partial charge in [0, 0.05) is 5.69 Å². The molecule has 0 saturated heterocycles. The van der Waals surface area contributed by atoms with Crippen molar-refractivity contribution < 1.29 is 14.3 Å². The van der Waals surface area contributed by atoms with Crippen LogP contribution >= 0.6 is 23.2 Å². The number of hydrogen-bond donors (Lipinski definition) is 1. The van der Waals surface area contributed by atoms with Crippen molar-refractivity contribution in [2.24, 2.45) is 0 Å². The molecule has 0 bridgehead atoms. The molecule has 0 unspecified atom stereocenters. The van der Waals surface area contributed by atoms with E-state index in [1.165, 1.54) is 0 Å². The first-order chi connectivity index (χ1) is 15.3. The molecule has 0 saturated carbocycles. The number of nitrogens with one attached hydrogen (secondary N) is 1. The number of carbonyl (C=O) groups is 2. The van der Waals surface area contributed by atoms with Crippen molar-refractivity contribution in [3.05, 3.63) is 87.7 Å². The Morgan fingerprint density at radius 2 is 1.78 bits per heavy atom. The van der Waals surface area contributed by atoms with Crippen molar-refractivity contribution >= 4 is 51.8 Å². The molecule has 0 aliphatic carbocycles. The minimum atomic E-state index is -0.629. The number of amides is 1. The van der Waals surface area contributed by atoms with E-state index in [0.29, 0.717) is 21.1 Å². The van der Waals surface area contributed by atoms with Crippen molar-refractivity contribution in [2.75, 3.05) is 11.9 Å². The van der Waals surface area contributed by atoms with E-state index in [1.807, 2.05) is 47.9 Å². The Labute approximate surface area is 194 Å². The standard InChI is InChI=1S/C24H19Cl2N3O3/c1-14-8-10-18(25)23(22(14)26)28-21(30)13-32-24(31)16-9-11-20-19(12-16)27-15(2)29(20)17-6-4-3-5-7-17/h3-12H,13H2,1-2H3,(H,28,30). The second-order valence-electron chi connectivity index (χ2n) is 7.21. The van der Waals surface area contributed by atoms with Crippen LogP contribution in [-0.4, -0.2) is 28.0 Å². The number of esters is 1. The summed E-state index contributed by atoms with van der Waals surface area (Å²) < 4.78 is 7.18. The summed E-state index contributed by atoms with van der Waals surface area (Å²) in [4.78, 5) is 29.3. The van der Waals surface area contributed by atoms with Gasteiger partial charge in [-0.05, 0) is 55.8 Å². The summed E-state index contributed by atoms with van der Waals surface area (Å²) >= 11 is 12.3. The van der Waals surface area contributed by atoms with E-state index < -0.39 is 18.5 Å². The van der Waals surface area contributed by atoms with E-state index >= 15 is 0 Å². The molecule has 0 aliphatic rings. The molecule has 6 nitrogen and oxygen atoms in total. The summed E-state index contributed by atoms with van der Waals surface area (Å²) in [5.74, 6) is -0.378. The fraction of sp³-hybridized carbons (Fsp3) is 0.125. The van der Waals surface area contributed by atoms with Gasteiger partial charge in [-0.1, -0.05) is 47.5 Å². The van der Waals surface area contributed by atoms with Crippen LogP contribution in [-0.2, 0) is 9.53 Å². The third-order valence-electron chi connectivity index (χ3n) is 4.96. The lowest BCUT2D eigenvalue weighted by Gasteiger charge is -2.11. The van der Waals surface area contributed by atoms with Gasteiger partial charge in [-0.2, -0.15) is 0 Å². The topological polar surface area (TPSA) is 73.2 Å². The van der Waals surface area contributed by atoms with Gasteiger partial charge in [-0.25, -0.2) is 9.78 Å². The van der Waals surface area contributed by atoms with Crippen molar-refractivity contribution in [1.82, 2.24) is 9.55 Å². The molecule has 0 spiro atoms. The van der Waals surface area contributed by atoms with E-state index in [1.54, 1.807) is 31.2 Å². The lowest BCUT2D eigenvalue weighted by atomic mass is 10.2. The van der Waals surface area contributed by atoms with Crippen LogP contribution in [0.2, 0.25) is 10.0 Å². The van der Waals surface area contributed by atoms with Crippen LogP contribution in [0.3, 0.4) is 0 Å². The first kappa shape index (κ1) is 21.9. The predicted molar refractivity (Wildman–Crippen MR) is 126 cm³/mol. The summed E-state index contributed by atoms with van der Waals surface area (Å²) in [6.45, 7) is 3.22. The van der Waals surface area contributed by atoms with Gasteiger partial charge in [0.2, 0.25) is 0 Å². The lowest BCUT2D eigenvalue weighted by Crippen LogP contribution is -2.21. The van der Waals surface area contributed by atoms with Gasteiger partial charge >= 0.3 is 5.97 Å². The average Bonchev–Trinajstić information content (AvgIpc) is 3.13. The molecule has 1 amide bonds. The highest BCUT2D eigenvalue weighted by atomic mass is 35.5. The molecule has 162 valence electrons. The number of nitrogens with zero attached hydrogens (tertiary/aromatic N) is 2. The average molecular weight is 468 g/mol. The first-order valence-corrected chi connectivity index (χ1v) is 10.6. The van der Waals surface area contributed by atoms with Gasteiger partial charge in [0.1, 0.15) is 5.82 Å². The number of ether oxygens (including phenoxy) is 1. The van der Waals surface area contributed by atoms with E-state index in [2.05, 4.69) is 10.3 Å². The Kier molecular flexibility index (Phi) is 6.17. The molecule has 0 fully saturated rings.